The van der Waals surface area contributed by atoms with E-state index >= 15 is 0 Å². The molecule has 4 aromatic rings. The average Bonchev–Trinajstić information content (AvgIpc) is 3.54. The van der Waals surface area contributed by atoms with Crippen molar-refractivity contribution < 1.29 is 29.0 Å². The second-order valence-electron chi connectivity index (χ2n) is 14.2. The van der Waals surface area contributed by atoms with Crippen LogP contribution >= 0.6 is 0 Å². The summed E-state index contributed by atoms with van der Waals surface area (Å²) < 4.78 is 13.6. The number of benzene rings is 3. The number of hydrogen-bond acceptors (Lipinski definition) is 7. The van der Waals surface area contributed by atoms with Gasteiger partial charge in [0.1, 0.15) is 0 Å². The van der Waals surface area contributed by atoms with Crippen molar-refractivity contribution in [3.63, 3.8) is 0 Å². The molecule has 3 aliphatic rings. The molecule has 1 spiro atoms. The van der Waals surface area contributed by atoms with Gasteiger partial charge < -0.3 is 29.2 Å². The number of para-hydroxylation sites is 1. The van der Waals surface area contributed by atoms with Gasteiger partial charge in [-0.05, 0) is 66.5 Å². The van der Waals surface area contributed by atoms with Gasteiger partial charge in [0.2, 0.25) is 5.91 Å². The second kappa shape index (κ2) is 13.0. The zero-order valence-corrected chi connectivity index (χ0v) is 29.8. The van der Waals surface area contributed by atoms with Crippen LogP contribution in [0.4, 0.5) is 5.69 Å². The van der Waals surface area contributed by atoms with Gasteiger partial charge in [0, 0.05) is 35.5 Å². The van der Waals surface area contributed by atoms with E-state index in [0.717, 1.165) is 27.9 Å². The Morgan fingerprint density at radius 2 is 1.68 bits per heavy atom. The van der Waals surface area contributed by atoms with E-state index in [-0.39, 0.29) is 48.7 Å². The number of aliphatic hydroxyl groups excluding tert-OH is 1. The molecule has 0 aliphatic carbocycles. The molecule has 10 nitrogen and oxygen atoms in total. The first-order valence-corrected chi connectivity index (χ1v) is 20.1. The molecule has 2 N–H and O–H groups in total. The number of aromatic nitrogens is 1. The quantitative estimate of drug-likeness (QED) is 0.260. The van der Waals surface area contributed by atoms with Crippen LogP contribution in [0.2, 0.25) is 18.6 Å². The Kier molecular flexibility index (Phi) is 8.80. The monoisotopic (exact) mass is 693 g/mol. The van der Waals surface area contributed by atoms with Crippen LogP contribution in [0.15, 0.2) is 95.9 Å². The number of carbonyl (C=O) groups excluding carboxylic acids is 2. The van der Waals surface area contributed by atoms with Gasteiger partial charge >= 0.3 is 0 Å². The highest BCUT2D eigenvalue weighted by Crippen LogP contribution is 2.59. The number of anilines is 1. The lowest BCUT2D eigenvalue weighted by atomic mass is 9.82. The minimum absolute atomic E-state index is 0.00698. The molecule has 11 heteroatoms. The Morgan fingerprint density at radius 1 is 0.980 bits per heavy atom. The predicted octanol–water partition coefficient (Wildman–Crippen LogP) is 4.53. The number of rotatable bonds is 8. The van der Waals surface area contributed by atoms with Crippen molar-refractivity contribution in [2.45, 2.75) is 69.2 Å². The fraction of sp³-hybridized carbons (Fsp3) is 0.359. The van der Waals surface area contributed by atoms with Gasteiger partial charge in [0.15, 0.2) is 19.7 Å². The summed E-state index contributed by atoms with van der Waals surface area (Å²) >= 11 is 0. The van der Waals surface area contributed by atoms with Crippen LogP contribution < -0.4 is 15.2 Å². The SMILES string of the molecule is COc1cccn(-c2ccc(CN3C(=O)[C@@]4(O[C@@H](CC(=O)N5Cc6ccccc6C[C@H]5CO)[C@H]([Si](C)(C)O)[C@H]4C)c4ccccc43)cc2)c1=O. The van der Waals surface area contributed by atoms with E-state index in [1.165, 1.54) is 11.7 Å². The molecule has 260 valence electrons. The molecule has 2 amide bonds. The van der Waals surface area contributed by atoms with Crippen LogP contribution in [0, 0.1) is 5.92 Å². The first-order chi connectivity index (χ1) is 24.0. The highest BCUT2D eigenvalue weighted by molar-refractivity contribution is 6.71. The molecule has 1 fully saturated rings. The summed E-state index contributed by atoms with van der Waals surface area (Å²) in [6.07, 6.45) is 1.54. The van der Waals surface area contributed by atoms with E-state index in [2.05, 4.69) is 0 Å². The Labute approximate surface area is 292 Å². The summed E-state index contributed by atoms with van der Waals surface area (Å²) in [5.74, 6) is -0.558. The number of methoxy groups -OCH3 is 1. The van der Waals surface area contributed by atoms with Crippen molar-refractivity contribution in [1.82, 2.24) is 9.47 Å². The fourth-order valence-corrected chi connectivity index (χ4v) is 11.1. The molecule has 1 aromatic heterocycles. The first-order valence-electron chi connectivity index (χ1n) is 17.1. The molecule has 0 unspecified atom stereocenters. The zero-order valence-electron chi connectivity index (χ0n) is 28.8. The van der Waals surface area contributed by atoms with Gasteiger partial charge in [-0.15, -0.1) is 0 Å². The van der Waals surface area contributed by atoms with Crippen LogP contribution in [0.5, 0.6) is 5.75 Å². The van der Waals surface area contributed by atoms with Gasteiger partial charge in [-0.2, -0.15) is 0 Å². The molecule has 3 aromatic carbocycles. The molecular formula is C39H43N3O7Si. The third-order valence-electron chi connectivity index (χ3n) is 10.8. The van der Waals surface area contributed by atoms with Gasteiger partial charge in [0.25, 0.3) is 11.5 Å². The molecule has 4 heterocycles. The first kappa shape index (κ1) is 33.9. The third kappa shape index (κ3) is 5.58. The van der Waals surface area contributed by atoms with E-state index in [0.29, 0.717) is 18.7 Å². The van der Waals surface area contributed by atoms with Crippen LogP contribution in [-0.4, -0.2) is 65.4 Å². The summed E-state index contributed by atoms with van der Waals surface area (Å²) in [6.45, 7) is 6.15. The zero-order chi connectivity index (χ0) is 35.4. The minimum atomic E-state index is -2.99. The summed E-state index contributed by atoms with van der Waals surface area (Å²) in [5.41, 5.74) is 3.11. The van der Waals surface area contributed by atoms with Crippen LogP contribution in [0.25, 0.3) is 5.69 Å². The van der Waals surface area contributed by atoms with Gasteiger partial charge in [-0.3, -0.25) is 19.0 Å². The maximum Gasteiger partial charge on any atom is 0.297 e. The lowest BCUT2D eigenvalue weighted by molar-refractivity contribution is -0.151. The highest BCUT2D eigenvalue weighted by Gasteiger charge is 2.66. The number of hydrogen-bond donors (Lipinski definition) is 2. The summed E-state index contributed by atoms with van der Waals surface area (Å²) in [6, 6.07) is 26.0. The van der Waals surface area contributed by atoms with Crippen molar-refractivity contribution in [2.75, 3.05) is 18.6 Å². The Hall–Kier alpha value is -4.55. The highest BCUT2D eigenvalue weighted by atomic mass is 28.4. The smallest absolute Gasteiger partial charge is 0.297 e. The normalized spacial score (nSPS) is 24.4. The Morgan fingerprint density at radius 3 is 2.38 bits per heavy atom. The molecule has 0 bridgehead atoms. The van der Waals surface area contributed by atoms with Gasteiger partial charge in [-0.25, -0.2) is 0 Å². The van der Waals surface area contributed by atoms with E-state index in [4.69, 9.17) is 9.47 Å². The summed E-state index contributed by atoms with van der Waals surface area (Å²) in [4.78, 5) is 56.8. The molecule has 0 saturated carbocycles. The topological polar surface area (TPSA) is 122 Å². The standard InChI is InChI=1S/C39H43N3O7Si/c1-25-36(50(3,4)47)34(21-35(44)41-23-28-11-6-5-10-27(28)20-30(41)24-43)49-39(25)31-12-7-8-13-32(31)42(38(39)46)22-26-15-17-29(18-16-26)40-19-9-14-33(48-2)37(40)45/h5-19,25,30,34,36,43,47H,20-24H2,1-4H3/t25-,30+,34+,36-,39+/m1/s1. The third-order valence-corrected chi connectivity index (χ3v) is 13.3. The molecule has 50 heavy (non-hydrogen) atoms. The van der Waals surface area contributed by atoms with Gasteiger partial charge in [0.05, 0.1) is 44.5 Å². The molecule has 7 rings (SSSR count). The summed E-state index contributed by atoms with van der Waals surface area (Å²) in [7, 11) is -1.53. The van der Waals surface area contributed by atoms with E-state index in [1.807, 2.05) is 92.8 Å². The van der Waals surface area contributed by atoms with Crippen LogP contribution in [0.3, 0.4) is 0 Å². The average molecular weight is 694 g/mol. The van der Waals surface area contributed by atoms with Crippen LogP contribution in [0.1, 0.15) is 35.6 Å². The minimum Gasteiger partial charge on any atom is -0.491 e. The van der Waals surface area contributed by atoms with Gasteiger partial charge in [-0.1, -0.05) is 61.5 Å². The maximum atomic E-state index is 14.8. The summed E-state index contributed by atoms with van der Waals surface area (Å²) in [5, 5.41) is 10.3. The molecule has 0 radical (unpaired) electrons. The lowest BCUT2D eigenvalue weighted by Crippen LogP contribution is -2.48. The van der Waals surface area contributed by atoms with Crippen molar-refractivity contribution in [3.05, 3.63) is 124 Å². The van der Waals surface area contributed by atoms with E-state index in [1.54, 1.807) is 28.1 Å². The van der Waals surface area contributed by atoms with E-state index < -0.39 is 31.5 Å². The Bertz CT molecular complexity index is 1990. The van der Waals surface area contributed by atoms with Crippen molar-refractivity contribution >= 4 is 25.8 Å². The second-order valence-corrected chi connectivity index (χ2v) is 18.2. The number of pyridine rings is 1. The number of amides is 2. The molecule has 5 atom stereocenters. The number of carbonyl (C=O) groups is 2. The van der Waals surface area contributed by atoms with Crippen molar-refractivity contribution in [2.24, 2.45) is 5.92 Å². The van der Waals surface area contributed by atoms with Crippen molar-refractivity contribution in [3.8, 4) is 11.4 Å². The number of fused-ring (bicyclic) bond motifs is 3. The molecule has 3 aliphatic heterocycles. The number of aliphatic hydroxyl groups is 1. The number of nitrogens with zero attached hydrogens (tertiary/aromatic N) is 3. The van der Waals surface area contributed by atoms with E-state index in [9.17, 15) is 24.3 Å². The predicted molar refractivity (Wildman–Crippen MR) is 192 cm³/mol. The lowest BCUT2D eigenvalue weighted by Gasteiger charge is -2.37. The van der Waals surface area contributed by atoms with Crippen molar-refractivity contribution in [1.29, 1.82) is 0 Å². The Balaban J connectivity index is 1.18. The van der Waals surface area contributed by atoms with Crippen LogP contribution in [-0.2, 0) is 39.4 Å². The molecule has 1 saturated heterocycles. The number of ether oxygens (including phenoxy) is 2. The largest absolute Gasteiger partial charge is 0.491 e. The fourth-order valence-electron chi connectivity index (χ4n) is 8.50. The molecular weight excluding hydrogens is 651 g/mol. The maximum absolute atomic E-state index is 14.8.